The fourth-order valence-electron chi connectivity index (χ4n) is 3.03. The van der Waals surface area contributed by atoms with Gasteiger partial charge in [0.05, 0.1) is 18.9 Å². The Morgan fingerprint density at radius 2 is 1.45 bits per heavy atom. The van der Waals surface area contributed by atoms with Crippen LogP contribution >= 0.6 is 12.6 Å². The first-order valence-corrected chi connectivity index (χ1v) is 12.6. The van der Waals surface area contributed by atoms with E-state index in [0.717, 1.165) is 0 Å². The molecule has 17 nitrogen and oxygen atoms in total. The number of carboxylic acids is 3. The maximum absolute atomic E-state index is 12.4. The van der Waals surface area contributed by atoms with Gasteiger partial charge >= 0.3 is 23.9 Å². The zero-order valence-corrected chi connectivity index (χ0v) is 22.6. The number of thiol groups is 1. The summed E-state index contributed by atoms with van der Waals surface area (Å²) in [5, 5.41) is 35.9. The van der Waals surface area contributed by atoms with Crippen LogP contribution < -0.4 is 27.0 Å². The number of carbonyl (C=O) groups is 8. The van der Waals surface area contributed by atoms with E-state index in [2.05, 4.69) is 38.6 Å². The molecule has 0 aromatic heterocycles. The summed E-state index contributed by atoms with van der Waals surface area (Å²) in [6.45, 7) is 1.61. The molecule has 0 saturated carbocycles. The van der Waals surface area contributed by atoms with Crippen LogP contribution in [0.15, 0.2) is 0 Å². The summed E-state index contributed by atoms with van der Waals surface area (Å²) in [7, 11) is 0. The van der Waals surface area contributed by atoms with Crippen LogP contribution in [-0.2, 0) is 38.3 Å². The van der Waals surface area contributed by atoms with Crippen molar-refractivity contribution in [1.29, 1.82) is 0 Å². The van der Waals surface area contributed by atoms with Crippen LogP contribution in [0.3, 0.4) is 0 Å². The van der Waals surface area contributed by atoms with Gasteiger partial charge in [0.25, 0.3) is 6.47 Å². The van der Waals surface area contributed by atoms with Crippen molar-refractivity contribution in [3.8, 4) is 0 Å². The summed E-state index contributed by atoms with van der Waals surface area (Å²) in [4.78, 5) is 92.7. The highest BCUT2D eigenvalue weighted by molar-refractivity contribution is 7.80. The van der Waals surface area contributed by atoms with Gasteiger partial charge < -0.3 is 47.1 Å². The van der Waals surface area contributed by atoms with Crippen LogP contribution in [0.25, 0.3) is 0 Å². The van der Waals surface area contributed by atoms with Crippen LogP contribution in [-0.4, -0.2) is 99.5 Å². The molecule has 0 aromatic carbocycles. The number of ether oxygens (including phenoxy) is 1. The lowest BCUT2D eigenvalue weighted by atomic mass is 10.0. The van der Waals surface area contributed by atoms with E-state index in [4.69, 9.17) is 15.9 Å². The molecule has 40 heavy (non-hydrogen) atoms. The molecule has 0 saturated heterocycles. The Morgan fingerprint density at radius 3 is 1.98 bits per heavy atom. The van der Waals surface area contributed by atoms with Crippen molar-refractivity contribution in [2.75, 3.05) is 5.75 Å². The van der Waals surface area contributed by atoms with Gasteiger partial charge in [0.15, 0.2) is 6.23 Å². The molecule has 0 radical (unpaired) electrons. The van der Waals surface area contributed by atoms with E-state index in [1.807, 2.05) is 0 Å². The highest BCUT2D eigenvalue weighted by atomic mass is 32.1. The van der Waals surface area contributed by atoms with Crippen molar-refractivity contribution in [1.82, 2.24) is 21.3 Å². The number of nitrogens with two attached hydrogens (primary N) is 1. The molecule has 0 rings (SSSR count). The van der Waals surface area contributed by atoms with Gasteiger partial charge in [0.2, 0.25) is 11.8 Å². The molecule has 226 valence electrons. The molecule has 4 amide bonds. The molecule has 9 N–H and O–H groups in total. The van der Waals surface area contributed by atoms with Gasteiger partial charge in [-0.2, -0.15) is 12.6 Å². The van der Waals surface area contributed by atoms with E-state index < -0.39 is 84.8 Å². The average Bonchev–Trinajstić information content (AvgIpc) is 2.87. The van der Waals surface area contributed by atoms with E-state index in [0.29, 0.717) is 0 Å². The first-order valence-electron chi connectivity index (χ1n) is 12.0. The van der Waals surface area contributed by atoms with Crippen molar-refractivity contribution in [2.45, 2.75) is 82.3 Å². The predicted octanol–water partition coefficient (Wildman–Crippen LogP) is -2.05. The van der Waals surface area contributed by atoms with Crippen LogP contribution in [0.5, 0.6) is 0 Å². The van der Waals surface area contributed by atoms with E-state index >= 15 is 0 Å². The maximum atomic E-state index is 12.4. The molecule has 0 unspecified atom stereocenters. The van der Waals surface area contributed by atoms with E-state index in [-0.39, 0.29) is 44.3 Å². The largest absolute Gasteiger partial charge is 0.481 e. The van der Waals surface area contributed by atoms with Crippen molar-refractivity contribution >= 4 is 60.6 Å². The summed E-state index contributed by atoms with van der Waals surface area (Å²) >= 11 is 4.01. The molecule has 0 aliphatic heterocycles. The molecular weight excluding hydrogens is 558 g/mol. The average molecular weight is 594 g/mol. The van der Waals surface area contributed by atoms with Crippen molar-refractivity contribution < 1.29 is 58.4 Å². The summed E-state index contributed by atoms with van der Waals surface area (Å²) in [6.07, 6.45) is -3.89. The topological polar surface area (TPSA) is 281 Å². The number of hydrogen-bond acceptors (Lipinski definition) is 11. The second kappa shape index (κ2) is 19.2. The van der Waals surface area contributed by atoms with Crippen molar-refractivity contribution in [3.63, 3.8) is 0 Å². The number of carbonyl (C=O) groups excluding carboxylic acids is 5. The Morgan fingerprint density at radius 1 is 0.825 bits per heavy atom. The number of urea groups is 1. The van der Waals surface area contributed by atoms with E-state index in [9.17, 15) is 43.5 Å². The van der Waals surface area contributed by atoms with Gasteiger partial charge in [0.1, 0.15) is 17.9 Å². The minimum absolute atomic E-state index is 0.0175. The number of aliphatic carboxylic acids is 3. The zero-order chi connectivity index (χ0) is 30.8. The second-order valence-electron chi connectivity index (χ2n) is 8.64. The normalized spacial score (nSPS) is 14.3. The van der Waals surface area contributed by atoms with Gasteiger partial charge in [-0.05, 0) is 19.8 Å². The fourth-order valence-corrected chi connectivity index (χ4v) is 3.12. The minimum Gasteiger partial charge on any atom is -0.481 e. The third-order valence-corrected chi connectivity index (χ3v) is 5.74. The lowest BCUT2D eigenvalue weighted by molar-refractivity contribution is -0.141. The number of ketones is 1. The first-order chi connectivity index (χ1) is 18.7. The first kappa shape index (κ1) is 36.1. The number of nitrogens with one attached hydrogen (secondary N) is 4. The Bertz CT molecular complexity index is 934. The van der Waals surface area contributed by atoms with Crippen molar-refractivity contribution in [3.05, 3.63) is 0 Å². The van der Waals surface area contributed by atoms with Gasteiger partial charge in [-0.25, -0.2) is 9.59 Å². The standard InChI is InChI=1S/C22H35N5O12S/c1-11(9-40)24-20(35)15(8-18(32)33)25-19(34)13(23)4-2-12(29)3-5-14(21(36)37)26-22(38)27-16(39-10-28)6-7-17(30)31/h10-11,13-16,40H,2-9,23H2,1H3,(H,24,35)(H,25,34)(H,30,31)(H,32,33)(H,36,37)(H2,26,27,38)/t11-,13+,14+,15+,16-/m1/s1. The Kier molecular flexibility index (Phi) is 17.3. The molecule has 18 heteroatoms. The quantitative estimate of drug-likeness (QED) is 0.0394. The predicted molar refractivity (Wildman–Crippen MR) is 138 cm³/mol. The fraction of sp³-hybridized carbons (Fsp3) is 0.636. The number of carboxylic acid groups (broad SMARTS) is 3. The molecule has 0 heterocycles. The third kappa shape index (κ3) is 16.1. The van der Waals surface area contributed by atoms with E-state index in [1.54, 1.807) is 6.92 Å². The van der Waals surface area contributed by atoms with Crippen LogP contribution in [0, 0.1) is 0 Å². The second-order valence-corrected chi connectivity index (χ2v) is 9.00. The number of amides is 4. The maximum Gasteiger partial charge on any atom is 0.326 e. The molecule has 0 fully saturated rings. The molecule has 5 atom stereocenters. The molecule has 0 spiro atoms. The number of rotatable bonds is 21. The number of hydrogen-bond donors (Lipinski definition) is 9. The summed E-state index contributed by atoms with van der Waals surface area (Å²) < 4.78 is 4.54. The van der Waals surface area contributed by atoms with Gasteiger partial charge in [-0.1, -0.05) is 0 Å². The van der Waals surface area contributed by atoms with Gasteiger partial charge in [-0.3, -0.25) is 28.8 Å². The molecule has 0 aliphatic carbocycles. The number of Topliss-reactive ketones (excluding diaryl/α,β-unsaturated/α-hetero) is 1. The molecule has 0 bridgehead atoms. The monoisotopic (exact) mass is 593 g/mol. The SMILES string of the molecule is C[C@H](CS)NC(=O)[C@H](CC(=O)O)NC(=O)[C@@H](N)CCC(=O)CC[C@H](NC(=O)N[C@@H](CCC(=O)O)OC=O)C(=O)O. The zero-order valence-electron chi connectivity index (χ0n) is 21.7. The van der Waals surface area contributed by atoms with Gasteiger partial charge in [-0.15, -0.1) is 0 Å². The van der Waals surface area contributed by atoms with Gasteiger partial charge in [0, 0.05) is 31.1 Å². The summed E-state index contributed by atoms with van der Waals surface area (Å²) in [5.41, 5.74) is 5.77. The molecular formula is C22H35N5O12S. The molecule has 0 aliphatic rings. The summed E-state index contributed by atoms with van der Waals surface area (Å²) in [5.74, 6) is -5.89. The third-order valence-electron chi connectivity index (χ3n) is 5.19. The van der Waals surface area contributed by atoms with Crippen LogP contribution in [0.4, 0.5) is 4.79 Å². The highest BCUT2D eigenvalue weighted by Gasteiger charge is 2.27. The smallest absolute Gasteiger partial charge is 0.326 e. The minimum atomic E-state index is -1.53. The lowest BCUT2D eigenvalue weighted by Gasteiger charge is -2.21. The van der Waals surface area contributed by atoms with E-state index in [1.165, 1.54) is 0 Å². The lowest BCUT2D eigenvalue weighted by Crippen LogP contribution is -2.53. The van der Waals surface area contributed by atoms with Crippen LogP contribution in [0.1, 0.15) is 51.9 Å². The Labute approximate surface area is 234 Å². The molecule has 0 aromatic rings. The van der Waals surface area contributed by atoms with Crippen LogP contribution in [0.2, 0.25) is 0 Å². The van der Waals surface area contributed by atoms with Crippen molar-refractivity contribution in [2.24, 2.45) is 5.73 Å². The Balaban J connectivity index is 4.83. The Hall–Kier alpha value is -3.93. The summed E-state index contributed by atoms with van der Waals surface area (Å²) in [6, 6.07) is -5.71. The highest BCUT2D eigenvalue weighted by Crippen LogP contribution is 2.07.